The minimum atomic E-state index is -0.373. The maximum Gasteiger partial charge on any atom is 0.246 e. The molecule has 2 N–H and O–H groups in total. The molecule has 1 aromatic carbocycles. The Bertz CT molecular complexity index is 512. The average Bonchev–Trinajstić information content (AvgIpc) is 2.97. The van der Waals surface area contributed by atoms with E-state index >= 15 is 0 Å². The van der Waals surface area contributed by atoms with Crippen molar-refractivity contribution in [1.29, 1.82) is 0 Å². The fourth-order valence-electron chi connectivity index (χ4n) is 2.27. The van der Waals surface area contributed by atoms with Crippen molar-refractivity contribution in [2.45, 2.75) is 19.8 Å². The Kier molecular flexibility index (Phi) is 5.54. The molecule has 1 heterocycles. The number of amides is 1. The third-order valence-corrected chi connectivity index (χ3v) is 3.22. The summed E-state index contributed by atoms with van der Waals surface area (Å²) in [6, 6.07) is 5.83. The molecular formula is C15H21FN4O. The van der Waals surface area contributed by atoms with Gasteiger partial charge in [-0.1, -0.05) is 6.07 Å². The Labute approximate surface area is 124 Å². The summed E-state index contributed by atoms with van der Waals surface area (Å²) in [5.74, 6) is 0.140. The molecule has 0 spiro atoms. The molecular weight excluding hydrogens is 271 g/mol. The van der Waals surface area contributed by atoms with Crippen LogP contribution in [0, 0.1) is 5.82 Å². The summed E-state index contributed by atoms with van der Waals surface area (Å²) in [4.78, 5) is 18.4. The number of anilines is 1. The predicted octanol–water partition coefficient (Wildman–Crippen LogP) is 1.83. The van der Waals surface area contributed by atoms with Gasteiger partial charge in [0.05, 0.1) is 0 Å². The van der Waals surface area contributed by atoms with Crippen LogP contribution >= 0.6 is 0 Å². The summed E-state index contributed by atoms with van der Waals surface area (Å²) in [7, 11) is 0. The zero-order valence-corrected chi connectivity index (χ0v) is 12.2. The molecule has 1 fully saturated rings. The van der Waals surface area contributed by atoms with Crippen molar-refractivity contribution < 1.29 is 9.18 Å². The molecule has 6 heteroatoms. The fraction of sp³-hybridized carbons (Fsp3) is 0.467. The van der Waals surface area contributed by atoms with Crippen molar-refractivity contribution in [3.05, 3.63) is 30.1 Å². The van der Waals surface area contributed by atoms with E-state index in [1.807, 2.05) is 6.92 Å². The van der Waals surface area contributed by atoms with E-state index in [4.69, 9.17) is 0 Å². The molecule has 1 aliphatic rings. The minimum absolute atomic E-state index is 0.0232. The van der Waals surface area contributed by atoms with Crippen LogP contribution in [0.5, 0.6) is 0 Å². The number of benzene rings is 1. The maximum atomic E-state index is 13.0. The second-order valence-corrected chi connectivity index (χ2v) is 4.92. The van der Waals surface area contributed by atoms with Gasteiger partial charge in [0.1, 0.15) is 12.4 Å². The van der Waals surface area contributed by atoms with Crippen molar-refractivity contribution in [2.75, 3.05) is 31.5 Å². The first kappa shape index (κ1) is 15.3. The van der Waals surface area contributed by atoms with Gasteiger partial charge in [-0.25, -0.2) is 9.38 Å². The van der Waals surface area contributed by atoms with Gasteiger partial charge in [-0.2, -0.15) is 0 Å². The van der Waals surface area contributed by atoms with Crippen molar-refractivity contribution in [3.8, 4) is 0 Å². The van der Waals surface area contributed by atoms with Gasteiger partial charge in [-0.05, 0) is 38.0 Å². The normalized spacial score (nSPS) is 15.1. The number of likely N-dealkylation sites (tertiary alicyclic amines) is 1. The van der Waals surface area contributed by atoms with E-state index in [1.54, 1.807) is 12.1 Å². The number of guanidine groups is 1. The molecule has 0 unspecified atom stereocenters. The first-order chi connectivity index (χ1) is 10.2. The maximum absolute atomic E-state index is 13.0. The van der Waals surface area contributed by atoms with Gasteiger partial charge in [-0.15, -0.1) is 0 Å². The minimum Gasteiger partial charge on any atom is -0.357 e. The lowest BCUT2D eigenvalue weighted by atomic mass is 10.3. The van der Waals surface area contributed by atoms with Crippen LogP contribution in [0.15, 0.2) is 29.3 Å². The van der Waals surface area contributed by atoms with Gasteiger partial charge >= 0.3 is 0 Å². The molecule has 0 saturated carbocycles. The number of hydrogen-bond acceptors (Lipinski definition) is 2. The highest BCUT2D eigenvalue weighted by molar-refractivity contribution is 5.94. The molecule has 1 saturated heterocycles. The third-order valence-electron chi connectivity index (χ3n) is 3.22. The lowest BCUT2D eigenvalue weighted by Gasteiger charge is -2.20. The van der Waals surface area contributed by atoms with Gasteiger partial charge in [-0.3, -0.25) is 4.79 Å². The fourth-order valence-corrected chi connectivity index (χ4v) is 2.27. The van der Waals surface area contributed by atoms with Crippen molar-refractivity contribution in [2.24, 2.45) is 4.99 Å². The topological polar surface area (TPSA) is 56.7 Å². The van der Waals surface area contributed by atoms with Crippen molar-refractivity contribution >= 4 is 17.6 Å². The Morgan fingerprint density at radius 3 is 2.81 bits per heavy atom. The van der Waals surface area contributed by atoms with E-state index in [-0.39, 0.29) is 18.3 Å². The molecule has 114 valence electrons. The van der Waals surface area contributed by atoms with Gasteiger partial charge < -0.3 is 15.5 Å². The molecule has 1 amide bonds. The molecule has 2 rings (SSSR count). The second-order valence-electron chi connectivity index (χ2n) is 4.92. The largest absolute Gasteiger partial charge is 0.357 e. The van der Waals surface area contributed by atoms with Crippen LogP contribution in [0.2, 0.25) is 0 Å². The lowest BCUT2D eigenvalue weighted by molar-refractivity contribution is -0.114. The molecule has 0 aliphatic carbocycles. The van der Waals surface area contributed by atoms with Gasteiger partial charge in [0.15, 0.2) is 5.96 Å². The summed E-state index contributed by atoms with van der Waals surface area (Å²) in [6.45, 7) is 4.73. The first-order valence-electron chi connectivity index (χ1n) is 7.27. The highest BCUT2D eigenvalue weighted by Crippen LogP contribution is 2.09. The van der Waals surface area contributed by atoms with E-state index in [9.17, 15) is 9.18 Å². The van der Waals surface area contributed by atoms with Crippen LogP contribution in [0.1, 0.15) is 19.8 Å². The van der Waals surface area contributed by atoms with Gasteiger partial charge in [0.25, 0.3) is 0 Å². The number of carbonyl (C=O) groups is 1. The Morgan fingerprint density at radius 2 is 2.14 bits per heavy atom. The molecule has 5 nitrogen and oxygen atoms in total. The molecule has 1 aliphatic heterocycles. The second kappa shape index (κ2) is 7.61. The Hall–Kier alpha value is -2.11. The number of rotatable bonds is 4. The molecule has 1 aromatic rings. The first-order valence-corrected chi connectivity index (χ1v) is 7.27. The monoisotopic (exact) mass is 292 g/mol. The van der Waals surface area contributed by atoms with Gasteiger partial charge in [0.2, 0.25) is 5.91 Å². The van der Waals surface area contributed by atoms with E-state index in [2.05, 4.69) is 20.5 Å². The Balaban J connectivity index is 1.92. The van der Waals surface area contributed by atoms with Crippen LogP contribution in [0.3, 0.4) is 0 Å². The molecule has 0 radical (unpaired) electrons. The number of hydrogen-bond donors (Lipinski definition) is 2. The van der Waals surface area contributed by atoms with Crippen LogP contribution in [-0.2, 0) is 4.79 Å². The SMILES string of the molecule is CCNC(=NCC(=O)Nc1cccc(F)c1)N1CCCC1. The molecule has 0 atom stereocenters. The highest BCUT2D eigenvalue weighted by atomic mass is 19.1. The van der Waals surface area contributed by atoms with Crippen LogP contribution in [0.4, 0.5) is 10.1 Å². The summed E-state index contributed by atoms with van der Waals surface area (Å²) < 4.78 is 13.0. The van der Waals surface area contributed by atoms with Crippen LogP contribution < -0.4 is 10.6 Å². The summed E-state index contributed by atoms with van der Waals surface area (Å²) in [5.41, 5.74) is 0.446. The number of halogens is 1. The van der Waals surface area contributed by atoms with Gasteiger partial charge in [0, 0.05) is 25.3 Å². The number of aliphatic imine (C=N–C) groups is 1. The van der Waals surface area contributed by atoms with Crippen molar-refractivity contribution in [1.82, 2.24) is 10.2 Å². The zero-order chi connectivity index (χ0) is 15.1. The van der Waals surface area contributed by atoms with Crippen LogP contribution in [-0.4, -0.2) is 42.9 Å². The predicted molar refractivity (Wildman–Crippen MR) is 81.8 cm³/mol. The lowest BCUT2D eigenvalue weighted by Crippen LogP contribution is -2.40. The van der Waals surface area contributed by atoms with E-state index < -0.39 is 0 Å². The number of carbonyl (C=O) groups excluding carboxylic acids is 1. The summed E-state index contributed by atoms with van der Waals surface area (Å²) in [6.07, 6.45) is 2.31. The summed E-state index contributed by atoms with van der Waals surface area (Å²) >= 11 is 0. The molecule has 0 bridgehead atoms. The average molecular weight is 292 g/mol. The third kappa shape index (κ3) is 4.73. The highest BCUT2D eigenvalue weighted by Gasteiger charge is 2.15. The standard InChI is InChI=1S/C15H21FN4O/c1-2-17-15(20-8-3-4-9-20)18-11-14(21)19-13-7-5-6-12(16)10-13/h5-7,10H,2-4,8-9,11H2,1H3,(H,17,18)(H,19,21). The number of nitrogens with one attached hydrogen (secondary N) is 2. The van der Waals surface area contributed by atoms with E-state index in [0.29, 0.717) is 5.69 Å². The van der Waals surface area contributed by atoms with Crippen molar-refractivity contribution in [3.63, 3.8) is 0 Å². The van der Waals surface area contributed by atoms with E-state index in [0.717, 1.165) is 38.4 Å². The van der Waals surface area contributed by atoms with E-state index in [1.165, 1.54) is 12.1 Å². The molecule has 0 aromatic heterocycles. The zero-order valence-electron chi connectivity index (χ0n) is 12.2. The Morgan fingerprint density at radius 1 is 1.38 bits per heavy atom. The van der Waals surface area contributed by atoms with Crippen LogP contribution in [0.25, 0.3) is 0 Å². The molecule has 21 heavy (non-hydrogen) atoms. The summed E-state index contributed by atoms with van der Waals surface area (Å²) in [5, 5.41) is 5.83. The quantitative estimate of drug-likeness (QED) is 0.657. The smallest absolute Gasteiger partial charge is 0.246 e. The number of nitrogens with zero attached hydrogens (tertiary/aromatic N) is 2.